The molecule has 2 amide bonds. The normalized spacial score (nSPS) is 13.5. The third kappa shape index (κ3) is 5.70. The van der Waals surface area contributed by atoms with Crippen molar-refractivity contribution in [3.05, 3.63) is 56.0 Å². The van der Waals surface area contributed by atoms with E-state index in [-0.39, 0.29) is 47.1 Å². The molecule has 0 spiro atoms. The van der Waals surface area contributed by atoms with Crippen molar-refractivity contribution < 1.29 is 18.8 Å². The molecular weight excluding hydrogens is 547 g/mol. The van der Waals surface area contributed by atoms with Crippen LogP contribution in [0.5, 0.6) is 5.75 Å². The molecule has 3 aromatic rings. The molecule has 0 atom stereocenters. The number of aromatic nitrogens is 2. The van der Waals surface area contributed by atoms with Gasteiger partial charge in [0.25, 0.3) is 0 Å². The Hall–Kier alpha value is -3.25. The topological polar surface area (TPSA) is 123 Å². The van der Waals surface area contributed by atoms with E-state index < -0.39 is 10.7 Å². The molecule has 2 N–H and O–H groups in total. The van der Waals surface area contributed by atoms with E-state index in [9.17, 15) is 19.3 Å². The molecule has 184 valence electrons. The number of carbonyl (C=O) groups is 1. The summed E-state index contributed by atoms with van der Waals surface area (Å²) in [5.41, 5.74) is 0.0849. The van der Waals surface area contributed by atoms with Crippen molar-refractivity contribution >= 4 is 61.7 Å². The molecule has 0 saturated carbocycles. The summed E-state index contributed by atoms with van der Waals surface area (Å²) in [5.74, 6) is -0.540. The number of urea groups is 1. The number of hydrogen-bond donors (Lipinski definition) is 2. The summed E-state index contributed by atoms with van der Waals surface area (Å²) in [4.78, 5) is 33.3. The number of nitrogens with zero attached hydrogens (tertiary/aromatic N) is 4. The Morgan fingerprint density at radius 2 is 2.03 bits per heavy atom. The van der Waals surface area contributed by atoms with Gasteiger partial charge in [0.1, 0.15) is 18.8 Å². The van der Waals surface area contributed by atoms with E-state index in [1.807, 2.05) is 0 Å². The van der Waals surface area contributed by atoms with Crippen molar-refractivity contribution in [2.45, 2.75) is 19.3 Å². The molecule has 2 heterocycles. The summed E-state index contributed by atoms with van der Waals surface area (Å²) in [6.45, 7) is 1.65. The maximum Gasteiger partial charge on any atom is 0.317 e. The number of ether oxygens (including phenoxy) is 1. The van der Waals surface area contributed by atoms with Crippen LogP contribution in [0.4, 0.5) is 26.4 Å². The molecule has 4 rings (SSSR count). The van der Waals surface area contributed by atoms with E-state index in [2.05, 4.69) is 36.5 Å². The Bertz CT molecular complexity index is 1270. The van der Waals surface area contributed by atoms with Gasteiger partial charge in [-0.25, -0.2) is 19.2 Å². The summed E-state index contributed by atoms with van der Waals surface area (Å²) in [6.07, 6.45) is 4.32. The van der Waals surface area contributed by atoms with Gasteiger partial charge < -0.3 is 20.3 Å². The molecule has 1 saturated heterocycles. The van der Waals surface area contributed by atoms with Crippen LogP contribution in [-0.2, 0) is 0 Å². The number of nitrogens with one attached hydrogen (secondary N) is 2. The molecule has 13 heteroatoms. The van der Waals surface area contributed by atoms with Crippen LogP contribution in [0.1, 0.15) is 19.3 Å². The number of piperidine rings is 1. The number of anilines is 2. The number of carbonyl (C=O) groups excluding carboxylic acids is 1. The zero-order valence-corrected chi connectivity index (χ0v) is 20.7. The van der Waals surface area contributed by atoms with Crippen LogP contribution in [-0.4, -0.2) is 52.1 Å². The number of nitro groups is 1. The van der Waals surface area contributed by atoms with Gasteiger partial charge in [0.15, 0.2) is 11.6 Å². The van der Waals surface area contributed by atoms with Gasteiger partial charge in [-0.05, 0) is 47.3 Å². The molecule has 1 aromatic heterocycles. The van der Waals surface area contributed by atoms with Crippen molar-refractivity contribution in [2.24, 2.45) is 0 Å². The average molecular weight is 568 g/mol. The molecule has 2 aromatic carbocycles. The highest BCUT2D eigenvalue weighted by atomic mass is 79.9. The summed E-state index contributed by atoms with van der Waals surface area (Å²) in [5, 5.41) is 17.5. The van der Waals surface area contributed by atoms with Crippen LogP contribution in [0.2, 0.25) is 5.02 Å². The van der Waals surface area contributed by atoms with Gasteiger partial charge in [-0.3, -0.25) is 10.1 Å². The lowest BCUT2D eigenvalue weighted by Crippen LogP contribution is -2.43. The first-order chi connectivity index (χ1) is 16.8. The summed E-state index contributed by atoms with van der Waals surface area (Å²) in [6, 6.07) is 5.53. The third-order valence-electron chi connectivity index (χ3n) is 5.48. The van der Waals surface area contributed by atoms with Gasteiger partial charge in [0.05, 0.1) is 33.1 Å². The van der Waals surface area contributed by atoms with Crippen molar-refractivity contribution in [1.82, 2.24) is 20.2 Å². The smallest absolute Gasteiger partial charge is 0.317 e. The lowest BCUT2D eigenvalue weighted by atomic mass is 10.1. The fourth-order valence-corrected chi connectivity index (χ4v) is 4.18. The van der Waals surface area contributed by atoms with E-state index >= 15 is 0 Å². The number of likely N-dealkylation sites (tertiary alicyclic amines) is 1. The fourth-order valence-electron chi connectivity index (χ4n) is 3.71. The number of halogens is 3. The Balaban J connectivity index is 1.51. The first-order valence-electron chi connectivity index (χ1n) is 10.8. The number of hydrogen-bond acceptors (Lipinski definition) is 7. The van der Waals surface area contributed by atoms with Gasteiger partial charge in [0, 0.05) is 29.7 Å². The minimum Gasteiger partial charge on any atom is -0.485 e. The van der Waals surface area contributed by atoms with Crippen LogP contribution in [0.3, 0.4) is 0 Å². The Labute approximate surface area is 213 Å². The summed E-state index contributed by atoms with van der Waals surface area (Å²) < 4.78 is 20.5. The van der Waals surface area contributed by atoms with E-state index in [0.717, 1.165) is 32.4 Å². The highest BCUT2D eigenvalue weighted by Crippen LogP contribution is 2.36. The third-order valence-corrected chi connectivity index (χ3v) is 6.74. The van der Waals surface area contributed by atoms with Crippen LogP contribution < -0.4 is 15.4 Å². The van der Waals surface area contributed by atoms with Crippen LogP contribution >= 0.6 is 27.5 Å². The molecule has 1 aliphatic heterocycles. The van der Waals surface area contributed by atoms with Gasteiger partial charge >= 0.3 is 11.7 Å². The predicted molar refractivity (Wildman–Crippen MR) is 133 cm³/mol. The highest BCUT2D eigenvalue weighted by molar-refractivity contribution is 9.10. The molecule has 35 heavy (non-hydrogen) atoms. The second-order valence-corrected chi connectivity index (χ2v) is 9.02. The molecule has 0 radical (unpaired) electrons. The molecule has 0 aliphatic carbocycles. The lowest BCUT2D eigenvalue weighted by molar-refractivity contribution is -0.385. The number of rotatable bonds is 7. The maximum absolute atomic E-state index is 14.5. The van der Waals surface area contributed by atoms with E-state index in [4.69, 9.17) is 16.3 Å². The summed E-state index contributed by atoms with van der Waals surface area (Å²) in [7, 11) is 0. The maximum atomic E-state index is 14.5. The Morgan fingerprint density at radius 3 is 2.77 bits per heavy atom. The fraction of sp³-hybridized carbons (Fsp3) is 0.318. The largest absolute Gasteiger partial charge is 0.485 e. The molecule has 0 unspecified atom stereocenters. The predicted octanol–water partition coefficient (Wildman–Crippen LogP) is 5.41. The first-order valence-corrected chi connectivity index (χ1v) is 12.0. The molecule has 1 fully saturated rings. The zero-order valence-electron chi connectivity index (χ0n) is 18.4. The minimum atomic E-state index is -0.700. The van der Waals surface area contributed by atoms with E-state index in [1.165, 1.54) is 24.5 Å². The van der Waals surface area contributed by atoms with Crippen molar-refractivity contribution in [2.75, 3.05) is 31.6 Å². The number of amides is 2. The van der Waals surface area contributed by atoms with E-state index in [1.54, 1.807) is 11.0 Å². The Kier molecular flexibility index (Phi) is 7.81. The quantitative estimate of drug-likeness (QED) is 0.169. The molecular formula is C22H21BrClFN6O4. The SMILES string of the molecule is O=C(NCCOc1cc2ncnc(Nc3ccc(Br)c(Cl)c3F)c2cc1[N+](=O)[O-])N1CCCCC1. The standard InChI is InChI=1S/C22H21BrClFN6O4/c23-14-4-5-15(20(25)19(14)24)29-21-13-10-17(31(33)34)18(11-16(13)27-12-28-21)35-9-6-26-22(32)30-7-2-1-3-8-30/h4-5,10-12H,1-3,6-9H2,(H,26,32)(H,27,28,29). The van der Waals surface area contributed by atoms with Crippen LogP contribution in [0.15, 0.2) is 35.1 Å². The monoisotopic (exact) mass is 566 g/mol. The first kappa shape index (κ1) is 24.9. The number of nitro benzene ring substituents is 1. The van der Waals surface area contributed by atoms with Crippen molar-refractivity contribution in [1.29, 1.82) is 0 Å². The number of fused-ring (bicyclic) bond motifs is 1. The second-order valence-electron chi connectivity index (χ2n) is 7.79. The summed E-state index contributed by atoms with van der Waals surface area (Å²) >= 11 is 9.10. The molecule has 10 nitrogen and oxygen atoms in total. The minimum absolute atomic E-state index is 0.00256. The van der Waals surface area contributed by atoms with Crippen molar-refractivity contribution in [3.8, 4) is 5.75 Å². The van der Waals surface area contributed by atoms with Gasteiger partial charge in [-0.15, -0.1) is 0 Å². The number of benzene rings is 2. The van der Waals surface area contributed by atoms with Crippen molar-refractivity contribution in [3.63, 3.8) is 0 Å². The highest BCUT2D eigenvalue weighted by Gasteiger charge is 2.21. The molecule has 0 bridgehead atoms. The lowest BCUT2D eigenvalue weighted by Gasteiger charge is -2.26. The Morgan fingerprint density at radius 1 is 1.26 bits per heavy atom. The van der Waals surface area contributed by atoms with Gasteiger partial charge in [0.2, 0.25) is 0 Å². The van der Waals surface area contributed by atoms with Crippen LogP contribution in [0.25, 0.3) is 10.9 Å². The second kappa shape index (κ2) is 11.0. The van der Waals surface area contributed by atoms with E-state index in [0.29, 0.717) is 15.4 Å². The van der Waals surface area contributed by atoms with Gasteiger partial charge in [-0.1, -0.05) is 11.6 Å². The van der Waals surface area contributed by atoms with Gasteiger partial charge in [-0.2, -0.15) is 0 Å². The van der Waals surface area contributed by atoms with Crippen LogP contribution in [0, 0.1) is 15.9 Å². The molecule has 1 aliphatic rings. The average Bonchev–Trinajstić information content (AvgIpc) is 2.86. The zero-order chi connectivity index (χ0) is 24.9.